The number of halogens is 1. The highest BCUT2D eigenvalue weighted by atomic mass is 32.2. The molecular formula is C38H32FN3O3S. The van der Waals surface area contributed by atoms with E-state index < -0.39 is 17.6 Å². The van der Waals surface area contributed by atoms with Crippen molar-refractivity contribution in [1.82, 2.24) is 5.32 Å². The number of rotatable bonds is 11. The first-order chi connectivity index (χ1) is 22.4. The molecule has 0 spiro atoms. The molecule has 8 heteroatoms. The Labute approximate surface area is 272 Å². The fraction of sp³-hybridized carbons (Fsp3) is 0.0789. The van der Waals surface area contributed by atoms with E-state index in [1.165, 1.54) is 30.0 Å². The third kappa shape index (κ3) is 8.16. The Hall–Kier alpha value is -5.47. The molecule has 0 radical (unpaired) electrons. The highest BCUT2D eigenvalue weighted by Gasteiger charge is 2.26. The molecule has 2 N–H and O–H groups in total. The van der Waals surface area contributed by atoms with Crippen molar-refractivity contribution in [3.05, 3.63) is 162 Å². The molecule has 5 rings (SSSR count). The van der Waals surface area contributed by atoms with Crippen molar-refractivity contribution in [2.24, 2.45) is 0 Å². The number of nitrogens with zero attached hydrogens (tertiary/aromatic N) is 1. The van der Waals surface area contributed by atoms with Crippen molar-refractivity contribution in [3.8, 4) is 0 Å². The van der Waals surface area contributed by atoms with Crippen molar-refractivity contribution in [1.29, 1.82) is 0 Å². The molecule has 0 aliphatic carbocycles. The third-order valence-corrected chi connectivity index (χ3v) is 8.38. The van der Waals surface area contributed by atoms with Gasteiger partial charge in [-0.2, -0.15) is 0 Å². The highest BCUT2D eigenvalue weighted by molar-refractivity contribution is 8.00. The fourth-order valence-corrected chi connectivity index (χ4v) is 5.67. The van der Waals surface area contributed by atoms with Gasteiger partial charge < -0.3 is 10.6 Å². The van der Waals surface area contributed by atoms with Gasteiger partial charge in [0.15, 0.2) is 0 Å². The Morgan fingerprint density at radius 3 is 1.85 bits per heavy atom. The fourth-order valence-electron chi connectivity index (χ4n) is 4.68. The molecule has 1 unspecified atom stereocenters. The van der Waals surface area contributed by atoms with Crippen LogP contribution in [-0.4, -0.2) is 23.0 Å². The molecule has 5 aromatic rings. The Kier molecular flexibility index (Phi) is 10.8. The molecule has 230 valence electrons. The molecule has 0 aliphatic heterocycles. The lowest BCUT2D eigenvalue weighted by Gasteiger charge is -2.27. The zero-order valence-electron chi connectivity index (χ0n) is 25.1. The lowest BCUT2D eigenvalue weighted by Crippen LogP contribution is -2.34. The summed E-state index contributed by atoms with van der Waals surface area (Å²) in [5.74, 6) is -1.68. The van der Waals surface area contributed by atoms with Gasteiger partial charge in [0.25, 0.3) is 11.8 Å². The topological polar surface area (TPSA) is 78.5 Å². The van der Waals surface area contributed by atoms with E-state index in [9.17, 15) is 18.8 Å². The maximum Gasteiger partial charge on any atom is 0.272 e. The average molecular weight is 630 g/mol. The molecule has 0 heterocycles. The number of amides is 3. The van der Waals surface area contributed by atoms with Crippen LogP contribution in [0, 0.1) is 5.82 Å². The molecule has 46 heavy (non-hydrogen) atoms. The number of benzene rings is 5. The Morgan fingerprint density at radius 2 is 1.28 bits per heavy atom. The van der Waals surface area contributed by atoms with Gasteiger partial charge in [0.05, 0.1) is 5.25 Å². The van der Waals surface area contributed by atoms with Gasteiger partial charge in [0.2, 0.25) is 5.91 Å². The normalized spacial score (nSPS) is 11.7. The standard InChI is InChI=1S/C38H32FN3O3S/c1-2-35(38(45)42(30-17-8-4-9-18-30)31-19-10-5-11-20-31)46-32-24-22-29(23-25-32)40-37(44)34(26-28-16-12-13-21-33(28)39)41-36(43)27-14-6-3-7-15-27/h3-26,35H,2H2,1H3,(H,40,44)(H,41,43)/b34-26-. The number of thioether (sulfide) groups is 1. The van der Waals surface area contributed by atoms with Crippen molar-refractivity contribution in [3.63, 3.8) is 0 Å². The van der Waals surface area contributed by atoms with Gasteiger partial charge in [-0.1, -0.05) is 79.7 Å². The minimum atomic E-state index is -0.615. The van der Waals surface area contributed by atoms with Crippen LogP contribution in [0.3, 0.4) is 0 Å². The lowest BCUT2D eigenvalue weighted by atomic mass is 10.1. The Balaban J connectivity index is 1.32. The van der Waals surface area contributed by atoms with Gasteiger partial charge in [0.1, 0.15) is 11.5 Å². The van der Waals surface area contributed by atoms with Crippen LogP contribution in [0.5, 0.6) is 0 Å². The van der Waals surface area contributed by atoms with Gasteiger partial charge >= 0.3 is 0 Å². The summed E-state index contributed by atoms with van der Waals surface area (Å²) in [5.41, 5.74) is 2.44. The summed E-state index contributed by atoms with van der Waals surface area (Å²) in [6, 6.07) is 40.7. The van der Waals surface area contributed by atoms with Gasteiger partial charge in [-0.3, -0.25) is 19.3 Å². The van der Waals surface area contributed by atoms with Gasteiger partial charge in [-0.15, -0.1) is 11.8 Å². The molecular weight excluding hydrogens is 598 g/mol. The number of carbonyl (C=O) groups excluding carboxylic acids is 3. The van der Waals surface area contributed by atoms with E-state index in [4.69, 9.17) is 0 Å². The van der Waals surface area contributed by atoms with Crippen LogP contribution in [0.2, 0.25) is 0 Å². The van der Waals surface area contributed by atoms with Gasteiger partial charge in [0, 0.05) is 33.1 Å². The second-order valence-corrected chi connectivity index (χ2v) is 11.5. The zero-order chi connectivity index (χ0) is 32.3. The summed E-state index contributed by atoms with van der Waals surface area (Å²) in [5, 5.41) is 5.04. The van der Waals surface area contributed by atoms with Gasteiger partial charge in [-0.05, 0) is 79.2 Å². The monoisotopic (exact) mass is 629 g/mol. The first-order valence-electron chi connectivity index (χ1n) is 14.8. The van der Waals surface area contributed by atoms with Crippen LogP contribution < -0.4 is 15.5 Å². The molecule has 5 aromatic carbocycles. The van der Waals surface area contributed by atoms with E-state index in [1.54, 1.807) is 59.5 Å². The SMILES string of the molecule is CCC(Sc1ccc(NC(=O)/C(=C/c2ccccc2F)NC(=O)c2ccccc2)cc1)C(=O)N(c1ccccc1)c1ccccc1. The van der Waals surface area contributed by atoms with Crippen molar-refractivity contribution in [2.75, 3.05) is 10.2 Å². The van der Waals surface area contributed by atoms with E-state index in [2.05, 4.69) is 10.6 Å². The summed E-state index contributed by atoms with van der Waals surface area (Å²) >= 11 is 1.44. The van der Waals surface area contributed by atoms with Crippen molar-refractivity contribution in [2.45, 2.75) is 23.5 Å². The third-order valence-electron chi connectivity index (χ3n) is 7.02. The molecule has 0 fully saturated rings. The van der Waals surface area contributed by atoms with E-state index in [0.717, 1.165) is 16.3 Å². The first kappa shape index (κ1) is 31.9. The predicted molar refractivity (Wildman–Crippen MR) is 183 cm³/mol. The number of anilines is 3. The lowest BCUT2D eigenvalue weighted by molar-refractivity contribution is -0.117. The van der Waals surface area contributed by atoms with Crippen molar-refractivity contribution < 1.29 is 18.8 Å². The smallest absolute Gasteiger partial charge is 0.272 e. The summed E-state index contributed by atoms with van der Waals surface area (Å²) in [6.45, 7) is 1.98. The molecule has 0 saturated carbocycles. The molecule has 6 nitrogen and oxygen atoms in total. The summed E-state index contributed by atoms with van der Waals surface area (Å²) in [4.78, 5) is 42.8. The minimum absolute atomic E-state index is 0.0423. The summed E-state index contributed by atoms with van der Waals surface area (Å²) in [6.07, 6.45) is 1.90. The van der Waals surface area contributed by atoms with Gasteiger partial charge in [-0.25, -0.2) is 4.39 Å². The highest BCUT2D eigenvalue weighted by Crippen LogP contribution is 2.33. The van der Waals surface area contributed by atoms with Crippen LogP contribution in [0.1, 0.15) is 29.3 Å². The van der Waals surface area contributed by atoms with E-state index >= 15 is 0 Å². The predicted octanol–water partition coefficient (Wildman–Crippen LogP) is 8.47. The second-order valence-electron chi connectivity index (χ2n) is 10.2. The van der Waals surface area contributed by atoms with E-state index in [-0.39, 0.29) is 22.4 Å². The number of para-hydroxylation sites is 2. The number of nitrogens with one attached hydrogen (secondary N) is 2. The first-order valence-corrected chi connectivity index (χ1v) is 15.7. The molecule has 1 atom stereocenters. The maximum atomic E-state index is 14.5. The Bertz CT molecular complexity index is 1780. The van der Waals surface area contributed by atoms with Crippen LogP contribution in [0.25, 0.3) is 6.08 Å². The molecule has 0 aromatic heterocycles. The summed E-state index contributed by atoms with van der Waals surface area (Å²) in [7, 11) is 0. The number of carbonyl (C=O) groups is 3. The quantitative estimate of drug-likeness (QED) is 0.114. The largest absolute Gasteiger partial charge is 0.321 e. The summed E-state index contributed by atoms with van der Waals surface area (Å²) < 4.78 is 14.5. The van der Waals surface area contributed by atoms with Crippen LogP contribution >= 0.6 is 11.8 Å². The van der Waals surface area contributed by atoms with Crippen molar-refractivity contribution >= 4 is 52.6 Å². The minimum Gasteiger partial charge on any atom is -0.321 e. The van der Waals surface area contributed by atoms with E-state index in [0.29, 0.717) is 17.7 Å². The second kappa shape index (κ2) is 15.5. The molecule has 0 aliphatic rings. The zero-order valence-corrected chi connectivity index (χ0v) is 25.9. The maximum absolute atomic E-state index is 14.5. The van der Waals surface area contributed by atoms with Crippen LogP contribution in [0.15, 0.2) is 150 Å². The number of hydrogen-bond acceptors (Lipinski definition) is 4. The van der Waals surface area contributed by atoms with Crippen LogP contribution in [-0.2, 0) is 9.59 Å². The molecule has 0 saturated heterocycles. The van der Waals surface area contributed by atoms with Crippen LogP contribution in [0.4, 0.5) is 21.5 Å². The van der Waals surface area contributed by atoms with E-state index in [1.807, 2.05) is 79.7 Å². The molecule has 0 bridgehead atoms. The number of hydrogen-bond donors (Lipinski definition) is 2. The average Bonchev–Trinajstić information content (AvgIpc) is 3.10. The Morgan fingerprint density at radius 1 is 0.739 bits per heavy atom. The molecule has 3 amide bonds.